The van der Waals surface area contributed by atoms with Crippen LogP contribution in [0.5, 0.6) is 11.5 Å². The Kier molecular flexibility index (Phi) is 8.28. The topological polar surface area (TPSA) is 78.3 Å². The van der Waals surface area contributed by atoms with Crippen LogP contribution in [-0.4, -0.2) is 33.5 Å². The summed E-state index contributed by atoms with van der Waals surface area (Å²) in [5, 5.41) is 12.9. The minimum absolute atomic E-state index is 0.0857. The number of rotatable bonds is 9. The number of nitrogens with one attached hydrogen (secondary N) is 1. The van der Waals surface area contributed by atoms with Crippen LogP contribution in [0, 0.1) is 0 Å². The van der Waals surface area contributed by atoms with Crippen LogP contribution < -0.4 is 14.8 Å². The maximum atomic E-state index is 12.4. The summed E-state index contributed by atoms with van der Waals surface area (Å²) >= 11 is 13.2. The summed E-state index contributed by atoms with van der Waals surface area (Å²) < 4.78 is 13.2. The molecule has 0 aliphatic carbocycles. The zero-order chi connectivity index (χ0) is 23.3. The Morgan fingerprint density at radius 2 is 1.75 bits per heavy atom. The van der Waals surface area contributed by atoms with E-state index in [1.54, 1.807) is 25.3 Å². The fraction of sp³-hybridized carbons (Fsp3) is 0.318. The molecule has 3 rings (SSSR count). The lowest BCUT2D eigenvalue weighted by atomic mass is 10.3. The van der Waals surface area contributed by atoms with Gasteiger partial charge in [0.2, 0.25) is 5.91 Å². The van der Waals surface area contributed by atoms with Gasteiger partial charge in [0.15, 0.2) is 17.1 Å². The molecule has 0 spiro atoms. The smallest absolute Gasteiger partial charge is 0.234 e. The minimum Gasteiger partial charge on any atom is -0.497 e. The van der Waals surface area contributed by atoms with Crippen molar-refractivity contribution in [3.63, 3.8) is 0 Å². The van der Waals surface area contributed by atoms with E-state index < -0.39 is 0 Å². The van der Waals surface area contributed by atoms with Gasteiger partial charge in [0.05, 0.1) is 22.9 Å². The average molecular weight is 495 g/mol. The van der Waals surface area contributed by atoms with E-state index in [4.69, 9.17) is 32.7 Å². The van der Waals surface area contributed by atoms with E-state index in [-0.39, 0.29) is 23.8 Å². The van der Waals surface area contributed by atoms with Gasteiger partial charge in [-0.3, -0.25) is 4.79 Å². The van der Waals surface area contributed by atoms with E-state index in [1.165, 1.54) is 11.8 Å². The Morgan fingerprint density at radius 3 is 2.38 bits per heavy atom. The predicted octanol–water partition coefficient (Wildman–Crippen LogP) is 6.05. The van der Waals surface area contributed by atoms with E-state index in [9.17, 15) is 4.79 Å². The number of hydrogen-bond donors (Lipinski definition) is 1. The van der Waals surface area contributed by atoms with Crippen molar-refractivity contribution in [3.8, 4) is 11.5 Å². The lowest BCUT2D eigenvalue weighted by Crippen LogP contribution is -2.16. The first-order chi connectivity index (χ1) is 15.3. The lowest BCUT2D eigenvalue weighted by molar-refractivity contribution is -0.113. The van der Waals surface area contributed by atoms with Crippen molar-refractivity contribution >= 4 is 46.6 Å². The van der Waals surface area contributed by atoms with Crippen molar-refractivity contribution in [2.75, 3.05) is 18.2 Å². The zero-order valence-corrected chi connectivity index (χ0v) is 20.5. The predicted molar refractivity (Wildman–Crippen MR) is 128 cm³/mol. The maximum absolute atomic E-state index is 12.4. The number of anilines is 1. The average Bonchev–Trinajstić information content (AvgIpc) is 3.20. The molecule has 0 radical (unpaired) electrons. The molecule has 1 amide bonds. The first kappa shape index (κ1) is 24.2. The van der Waals surface area contributed by atoms with Crippen molar-refractivity contribution < 1.29 is 14.3 Å². The molecule has 1 atom stereocenters. The van der Waals surface area contributed by atoms with Gasteiger partial charge in [0.1, 0.15) is 11.5 Å². The fourth-order valence-electron chi connectivity index (χ4n) is 2.96. The molecule has 0 fully saturated rings. The number of thioether (sulfide) groups is 1. The molecule has 0 aliphatic rings. The molecule has 0 bridgehead atoms. The van der Waals surface area contributed by atoms with Gasteiger partial charge in [0, 0.05) is 11.7 Å². The molecule has 1 aromatic heterocycles. The van der Waals surface area contributed by atoms with Crippen molar-refractivity contribution in [1.82, 2.24) is 14.8 Å². The van der Waals surface area contributed by atoms with E-state index in [0.717, 1.165) is 5.75 Å². The van der Waals surface area contributed by atoms with E-state index >= 15 is 0 Å². The number of methoxy groups -OCH3 is 1. The van der Waals surface area contributed by atoms with Gasteiger partial charge in [-0.25, -0.2) is 0 Å². The highest BCUT2D eigenvalue weighted by molar-refractivity contribution is 7.99. The van der Waals surface area contributed by atoms with Crippen LogP contribution >= 0.6 is 35.0 Å². The van der Waals surface area contributed by atoms with Crippen molar-refractivity contribution in [1.29, 1.82) is 0 Å². The largest absolute Gasteiger partial charge is 0.497 e. The Morgan fingerprint density at radius 1 is 1.06 bits per heavy atom. The number of ether oxygens (including phenoxy) is 2. The van der Waals surface area contributed by atoms with Crippen LogP contribution in [0.1, 0.15) is 38.7 Å². The molecule has 1 N–H and O–H groups in total. The third kappa shape index (κ3) is 6.09. The minimum atomic E-state index is -0.335. The highest BCUT2D eigenvalue weighted by Gasteiger charge is 2.22. The Bertz CT molecular complexity index is 1070. The first-order valence-corrected chi connectivity index (χ1v) is 11.7. The van der Waals surface area contributed by atoms with Gasteiger partial charge >= 0.3 is 0 Å². The molecule has 1 unspecified atom stereocenters. The molecule has 2 aromatic carbocycles. The number of carbonyl (C=O) groups is 1. The maximum Gasteiger partial charge on any atom is 0.234 e. The normalized spacial score (nSPS) is 12.0. The standard InChI is InChI=1S/C22H24Cl2N4O3S/c1-13(2)28-21(14(3)31-17-8-6-16(30-4)7-9-17)26-27-22(28)32-12-20(29)25-15-5-10-18(23)19(24)11-15/h5-11,13-14H,12H2,1-4H3,(H,25,29). The lowest BCUT2D eigenvalue weighted by Gasteiger charge is -2.19. The number of carbonyl (C=O) groups excluding carboxylic acids is 1. The van der Waals surface area contributed by atoms with Gasteiger partial charge in [-0.05, 0) is 63.2 Å². The Labute approximate surface area is 201 Å². The van der Waals surface area contributed by atoms with Crippen molar-refractivity contribution in [2.45, 2.75) is 38.1 Å². The second-order valence-corrected chi connectivity index (χ2v) is 8.96. The van der Waals surface area contributed by atoms with E-state index in [2.05, 4.69) is 15.5 Å². The van der Waals surface area contributed by atoms with Crippen molar-refractivity contribution in [3.05, 3.63) is 58.3 Å². The van der Waals surface area contributed by atoms with Gasteiger partial charge in [-0.15, -0.1) is 10.2 Å². The molecule has 3 aromatic rings. The van der Waals surface area contributed by atoms with Gasteiger partial charge < -0.3 is 19.4 Å². The number of aromatic nitrogens is 3. The van der Waals surface area contributed by atoms with Crippen LogP contribution in [0.25, 0.3) is 0 Å². The van der Waals surface area contributed by atoms with Crippen LogP contribution in [-0.2, 0) is 4.79 Å². The molecule has 10 heteroatoms. The summed E-state index contributed by atoms with van der Waals surface area (Å²) in [4.78, 5) is 12.4. The summed E-state index contributed by atoms with van der Waals surface area (Å²) in [5.41, 5.74) is 0.581. The molecule has 170 valence electrons. The molecule has 0 saturated heterocycles. The first-order valence-electron chi connectivity index (χ1n) is 9.91. The third-order valence-corrected chi connectivity index (χ3v) is 6.16. The monoisotopic (exact) mass is 494 g/mol. The van der Waals surface area contributed by atoms with Crippen LogP contribution in [0.2, 0.25) is 10.0 Å². The van der Waals surface area contributed by atoms with Crippen LogP contribution in [0.15, 0.2) is 47.6 Å². The quantitative estimate of drug-likeness (QED) is 0.365. The second kappa shape index (κ2) is 10.9. The number of benzene rings is 2. The van der Waals surface area contributed by atoms with Crippen molar-refractivity contribution in [2.24, 2.45) is 0 Å². The highest BCUT2D eigenvalue weighted by Crippen LogP contribution is 2.29. The SMILES string of the molecule is COc1ccc(OC(C)c2nnc(SCC(=O)Nc3ccc(Cl)c(Cl)c3)n2C(C)C)cc1. The summed E-state index contributed by atoms with van der Waals surface area (Å²) in [5.74, 6) is 2.12. The molecular formula is C22H24Cl2N4O3S. The van der Waals surface area contributed by atoms with E-state index in [0.29, 0.717) is 32.5 Å². The molecular weight excluding hydrogens is 471 g/mol. The van der Waals surface area contributed by atoms with Crippen LogP contribution in [0.3, 0.4) is 0 Å². The number of halogens is 2. The highest BCUT2D eigenvalue weighted by atomic mass is 35.5. The van der Waals surface area contributed by atoms with E-state index in [1.807, 2.05) is 49.6 Å². The molecule has 32 heavy (non-hydrogen) atoms. The molecule has 0 aliphatic heterocycles. The summed E-state index contributed by atoms with van der Waals surface area (Å²) in [6, 6.07) is 12.4. The Balaban J connectivity index is 1.66. The van der Waals surface area contributed by atoms with Gasteiger partial charge in [-0.1, -0.05) is 35.0 Å². The summed E-state index contributed by atoms with van der Waals surface area (Å²) in [6.45, 7) is 5.98. The van der Waals surface area contributed by atoms with Gasteiger partial charge in [0.25, 0.3) is 0 Å². The fourth-order valence-corrected chi connectivity index (χ4v) is 4.13. The summed E-state index contributed by atoms with van der Waals surface area (Å²) in [6.07, 6.45) is -0.335. The van der Waals surface area contributed by atoms with Gasteiger partial charge in [-0.2, -0.15) is 0 Å². The van der Waals surface area contributed by atoms with Crippen LogP contribution in [0.4, 0.5) is 5.69 Å². The molecule has 1 heterocycles. The number of nitrogens with zero attached hydrogens (tertiary/aromatic N) is 3. The number of amides is 1. The summed E-state index contributed by atoms with van der Waals surface area (Å²) in [7, 11) is 1.62. The second-order valence-electron chi connectivity index (χ2n) is 7.21. The number of hydrogen-bond acceptors (Lipinski definition) is 6. The Hall–Kier alpha value is -2.42. The molecule has 0 saturated carbocycles. The molecule has 7 nitrogen and oxygen atoms in total. The third-order valence-electron chi connectivity index (χ3n) is 4.48. The zero-order valence-electron chi connectivity index (χ0n) is 18.1.